The second-order valence-corrected chi connectivity index (χ2v) is 5.26. The van der Waals surface area contributed by atoms with Crippen molar-refractivity contribution < 1.29 is 32.1 Å². The molecule has 0 aliphatic heterocycles. The molecule has 1 N–H and O–H groups in total. The first kappa shape index (κ1) is 18.8. The van der Waals surface area contributed by atoms with Crippen LogP contribution in [0.3, 0.4) is 0 Å². The van der Waals surface area contributed by atoms with Crippen molar-refractivity contribution in [1.29, 1.82) is 0 Å². The highest BCUT2D eigenvalue weighted by Crippen LogP contribution is 2.29. The number of nitro benzene ring substituents is 1. The van der Waals surface area contributed by atoms with E-state index in [1.165, 1.54) is 48.5 Å². The fourth-order valence-corrected chi connectivity index (χ4v) is 2.04. The molecule has 0 aliphatic carbocycles. The number of rotatable bonds is 4. The lowest BCUT2D eigenvalue weighted by Crippen LogP contribution is -2.16. The van der Waals surface area contributed by atoms with Crippen LogP contribution in [0.25, 0.3) is 11.4 Å². The van der Waals surface area contributed by atoms with Gasteiger partial charge in [0.15, 0.2) is 0 Å². The second kappa shape index (κ2) is 7.34. The van der Waals surface area contributed by atoms with Crippen molar-refractivity contribution in [3.63, 3.8) is 0 Å². The third kappa shape index (κ3) is 4.41. The number of benzene rings is 2. The van der Waals surface area contributed by atoms with E-state index in [-0.39, 0.29) is 28.5 Å². The SMILES string of the molecule is O=C(Nc1ccc(-c2noc(C(F)(F)F)n2)cc1)Oc1ccc([N+](=O)[O-])cc1. The number of nitro groups is 1. The van der Waals surface area contributed by atoms with Crippen LogP contribution >= 0.6 is 0 Å². The number of nitrogens with one attached hydrogen (secondary N) is 1. The van der Waals surface area contributed by atoms with Gasteiger partial charge in [-0.25, -0.2) is 4.79 Å². The number of carbonyl (C=O) groups is 1. The highest BCUT2D eigenvalue weighted by molar-refractivity contribution is 5.86. The number of alkyl halides is 3. The van der Waals surface area contributed by atoms with Gasteiger partial charge in [0.25, 0.3) is 5.69 Å². The quantitative estimate of drug-likeness (QED) is 0.518. The zero-order chi connectivity index (χ0) is 20.3. The van der Waals surface area contributed by atoms with Crippen LogP contribution in [0.1, 0.15) is 5.89 Å². The molecule has 0 atom stereocenters. The maximum Gasteiger partial charge on any atom is 0.471 e. The molecule has 0 saturated heterocycles. The third-order valence-corrected chi connectivity index (χ3v) is 3.32. The molecule has 144 valence electrons. The average molecular weight is 394 g/mol. The van der Waals surface area contributed by atoms with E-state index in [0.29, 0.717) is 0 Å². The van der Waals surface area contributed by atoms with E-state index in [1.807, 2.05) is 0 Å². The van der Waals surface area contributed by atoms with Gasteiger partial charge in [-0.3, -0.25) is 15.4 Å². The highest BCUT2D eigenvalue weighted by Gasteiger charge is 2.38. The van der Waals surface area contributed by atoms with Crippen molar-refractivity contribution in [2.24, 2.45) is 0 Å². The van der Waals surface area contributed by atoms with Crippen LogP contribution in [0.5, 0.6) is 5.75 Å². The molecule has 1 amide bonds. The summed E-state index contributed by atoms with van der Waals surface area (Å²) in [6.45, 7) is 0. The Morgan fingerprint density at radius 3 is 2.29 bits per heavy atom. The van der Waals surface area contributed by atoms with Crippen molar-refractivity contribution in [3.8, 4) is 17.1 Å². The molecule has 2 aromatic carbocycles. The topological polar surface area (TPSA) is 120 Å². The van der Waals surface area contributed by atoms with Crippen molar-refractivity contribution in [2.75, 3.05) is 5.32 Å². The van der Waals surface area contributed by atoms with Crippen molar-refractivity contribution >= 4 is 17.5 Å². The molecule has 0 aliphatic rings. The summed E-state index contributed by atoms with van der Waals surface area (Å²) in [6, 6.07) is 10.4. The largest absolute Gasteiger partial charge is 0.471 e. The maximum absolute atomic E-state index is 12.5. The van der Waals surface area contributed by atoms with Crippen molar-refractivity contribution in [1.82, 2.24) is 10.1 Å². The molecule has 9 nitrogen and oxygen atoms in total. The van der Waals surface area contributed by atoms with Gasteiger partial charge in [0.1, 0.15) is 5.75 Å². The second-order valence-electron chi connectivity index (χ2n) is 5.26. The Kier molecular flexibility index (Phi) is 4.94. The summed E-state index contributed by atoms with van der Waals surface area (Å²) in [4.78, 5) is 25.1. The van der Waals surface area contributed by atoms with Crippen LogP contribution in [0, 0.1) is 10.1 Å². The molecule has 0 fully saturated rings. The third-order valence-electron chi connectivity index (χ3n) is 3.32. The smallest absolute Gasteiger partial charge is 0.410 e. The molecule has 0 spiro atoms. The summed E-state index contributed by atoms with van der Waals surface area (Å²) in [7, 11) is 0. The molecule has 0 saturated carbocycles. The number of halogens is 3. The lowest BCUT2D eigenvalue weighted by atomic mass is 10.2. The number of non-ortho nitro benzene ring substituents is 1. The summed E-state index contributed by atoms with van der Waals surface area (Å²) in [5.74, 6) is -1.63. The Hall–Kier alpha value is -3.96. The summed E-state index contributed by atoms with van der Waals surface area (Å²) in [5.41, 5.74) is 0.377. The van der Waals surface area contributed by atoms with Crippen LogP contribution in [0.15, 0.2) is 53.1 Å². The minimum Gasteiger partial charge on any atom is -0.410 e. The normalized spacial score (nSPS) is 11.1. The van der Waals surface area contributed by atoms with Gasteiger partial charge in [0, 0.05) is 23.4 Å². The first-order chi connectivity index (χ1) is 13.2. The zero-order valence-electron chi connectivity index (χ0n) is 13.6. The average Bonchev–Trinajstić information content (AvgIpc) is 3.13. The number of nitrogens with zero attached hydrogens (tertiary/aromatic N) is 3. The highest BCUT2D eigenvalue weighted by atomic mass is 19.4. The molecule has 1 aromatic heterocycles. The molecule has 3 aromatic rings. The minimum atomic E-state index is -4.74. The minimum absolute atomic E-state index is 0.0891. The number of aromatic nitrogens is 2. The van der Waals surface area contributed by atoms with Gasteiger partial charge in [-0.15, -0.1) is 0 Å². The number of amides is 1. The van der Waals surface area contributed by atoms with Crippen molar-refractivity contribution in [2.45, 2.75) is 6.18 Å². The first-order valence-corrected chi connectivity index (χ1v) is 7.47. The Labute approximate surface area is 153 Å². The number of carbonyl (C=O) groups excluding carboxylic acids is 1. The van der Waals surface area contributed by atoms with Gasteiger partial charge in [-0.2, -0.15) is 18.2 Å². The fourth-order valence-electron chi connectivity index (χ4n) is 2.04. The summed E-state index contributed by atoms with van der Waals surface area (Å²) < 4.78 is 46.5. The van der Waals surface area contributed by atoms with E-state index in [4.69, 9.17) is 4.74 Å². The molecule has 12 heteroatoms. The fraction of sp³-hybridized carbons (Fsp3) is 0.0625. The van der Waals surface area contributed by atoms with Gasteiger partial charge in [0.2, 0.25) is 5.82 Å². The number of hydrogen-bond acceptors (Lipinski definition) is 7. The van der Waals surface area contributed by atoms with Crippen LogP contribution in [-0.4, -0.2) is 21.2 Å². The standard InChI is InChI=1S/C16H9F3N4O5/c17-16(18,19)14-21-13(22-28-14)9-1-3-10(4-2-9)20-15(24)27-12-7-5-11(6-8-12)23(25)26/h1-8H,(H,20,24). The molecule has 0 bridgehead atoms. The Morgan fingerprint density at radius 2 is 1.75 bits per heavy atom. The molecule has 3 rings (SSSR count). The van der Waals surface area contributed by atoms with E-state index < -0.39 is 23.1 Å². The number of ether oxygens (including phenoxy) is 1. The molecular formula is C16H9F3N4O5. The van der Waals surface area contributed by atoms with Gasteiger partial charge < -0.3 is 9.26 Å². The lowest BCUT2D eigenvalue weighted by molar-refractivity contribution is -0.384. The van der Waals surface area contributed by atoms with Crippen LogP contribution in [-0.2, 0) is 6.18 Å². The monoisotopic (exact) mass is 394 g/mol. The van der Waals surface area contributed by atoms with E-state index >= 15 is 0 Å². The lowest BCUT2D eigenvalue weighted by Gasteiger charge is -2.06. The van der Waals surface area contributed by atoms with Crippen LogP contribution in [0.4, 0.5) is 29.3 Å². The van der Waals surface area contributed by atoms with Crippen LogP contribution in [0.2, 0.25) is 0 Å². The maximum atomic E-state index is 12.5. The molecule has 1 heterocycles. The van der Waals surface area contributed by atoms with Crippen LogP contribution < -0.4 is 10.1 Å². The van der Waals surface area contributed by atoms with E-state index in [1.54, 1.807) is 0 Å². The molecule has 0 radical (unpaired) electrons. The van der Waals surface area contributed by atoms with Gasteiger partial charge in [0.05, 0.1) is 4.92 Å². The number of hydrogen-bond donors (Lipinski definition) is 1. The Balaban J connectivity index is 1.63. The predicted octanol–water partition coefficient (Wildman–Crippen LogP) is 4.27. The van der Waals surface area contributed by atoms with Gasteiger partial charge in [-0.1, -0.05) is 5.16 Å². The number of anilines is 1. The van der Waals surface area contributed by atoms with Gasteiger partial charge >= 0.3 is 18.2 Å². The molecule has 28 heavy (non-hydrogen) atoms. The zero-order valence-corrected chi connectivity index (χ0v) is 13.6. The van der Waals surface area contributed by atoms with Crippen molar-refractivity contribution in [3.05, 3.63) is 64.5 Å². The summed E-state index contributed by atoms with van der Waals surface area (Å²) in [5, 5.41) is 16.2. The molecule has 0 unspecified atom stereocenters. The van der Waals surface area contributed by atoms with Gasteiger partial charge in [-0.05, 0) is 36.4 Å². The first-order valence-electron chi connectivity index (χ1n) is 7.47. The Bertz CT molecular complexity index is 1000. The van der Waals surface area contributed by atoms with E-state index in [0.717, 1.165) is 0 Å². The van der Waals surface area contributed by atoms with E-state index in [9.17, 15) is 28.1 Å². The molecular weight excluding hydrogens is 385 g/mol. The summed E-state index contributed by atoms with van der Waals surface area (Å²) in [6.07, 6.45) is -5.60. The summed E-state index contributed by atoms with van der Waals surface area (Å²) >= 11 is 0. The Morgan fingerprint density at radius 1 is 1.11 bits per heavy atom. The van der Waals surface area contributed by atoms with E-state index in [2.05, 4.69) is 20.0 Å². The predicted molar refractivity (Wildman–Crippen MR) is 87.5 cm³/mol.